The number of halogens is 3. The number of hydrogen-bond acceptors (Lipinski definition) is 2. The monoisotopic (exact) mass is 309 g/mol. The summed E-state index contributed by atoms with van der Waals surface area (Å²) in [6.07, 6.45) is -4.00. The van der Waals surface area contributed by atoms with Crippen LogP contribution >= 0.6 is 0 Å². The maximum absolute atomic E-state index is 12.6. The molecule has 0 saturated carbocycles. The molecule has 22 heavy (non-hydrogen) atoms. The average Bonchev–Trinajstić information content (AvgIpc) is 2.47. The van der Waals surface area contributed by atoms with E-state index in [4.69, 9.17) is 5.11 Å². The van der Waals surface area contributed by atoms with Gasteiger partial charge in [0.1, 0.15) is 0 Å². The van der Waals surface area contributed by atoms with Crippen LogP contribution in [-0.2, 0) is 12.6 Å². The number of carbonyl (C=O) groups is 1. The normalized spacial score (nSPS) is 11.2. The van der Waals surface area contributed by atoms with Crippen molar-refractivity contribution >= 4 is 11.7 Å². The molecule has 0 atom stereocenters. The van der Waals surface area contributed by atoms with Crippen molar-refractivity contribution in [3.8, 4) is 0 Å². The summed E-state index contributed by atoms with van der Waals surface area (Å²) in [6, 6.07) is 11.5. The van der Waals surface area contributed by atoms with Crippen LogP contribution < -0.4 is 5.32 Å². The number of carboxylic acids is 1. The first-order valence-corrected chi connectivity index (χ1v) is 6.60. The summed E-state index contributed by atoms with van der Waals surface area (Å²) < 4.78 is 37.8. The van der Waals surface area contributed by atoms with E-state index in [1.165, 1.54) is 12.1 Å². The molecule has 0 aromatic heterocycles. The van der Waals surface area contributed by atoms with Gasteiger partial charge in [0, 0.05) is 12.2 Å². The summed E-state index contributed by atoms with van der Waals surface area (Å²) >= 11 is 0. The molecule has 0 amide bonds. The Labute approximate surface area is 125 Å². The lowest BCUT2D eigenvalue weighted by atomic mass is 10.1. The average molecular weight is 309 g/mol. The number of carboxylic acid groups (broad SMARTS) is 1. The predicted molar refractivity (Wildman–Crippen MR) is 77.0 cm³/mol. The molecule has 3 nitrogen and oxygen atoms in total. The van der Waals surface area contributed by atoms with E-state index >= 15 is 0 Å². The van der Waals surface area contributed by atoms with Gasteiger partial charge in [0.05, 0.1) is 11.1 Å². The van der Waals surface area contributed by atoms with E-state index in [1.807, 2.05) is 0 Å². The topological polar surface area (TPSA) is 49.3 Å². The number of alkyl halides is 3. The van der Waals surface area contributed by atoms with Crippen molar-refractivity contribution in [3.63, 3.8) is 0 Å². The highest BCUT2D eigenvalue weighted by Crippen LogP contribution is 2.29. The van der Waals surface area contributed by atoms with Crippen molar-refractivity contribution in [2.24, 2.45) is 0 Å². The van der Waals surface area contributed by atoms with E-state index < -0.39 is 17.7 Å². The molecule has 0 unspecified atom stereocenters. The van der Waals surface area contributed by atoms with Gasteiger partial charge in [-0.25, -0.2) is 4.79 Å². The van der Waals surface area contributed by atoms with Crippen LogP contribution in [0.5, 0.6) is 0 Å². The Morgan fingerprint density at radius 1 is 1.09 bits per heavy atom. The Morgan fingerprint density at radius 3 is 2.50 bits per heavy atom. The molecule has 0 heterocycles. The zero-order valence-corrected chi connectivity index (χ0v) is 11.5. The molecule has 2 aromatic rings. The molecule has 0 fully saturated rings. The lowest BCUT2D eigenvalue weighted by Gasteiger charge is -2.11. The van der Waals surface area contributed by atoms with Gasteiger partial charge in [0.25, 0.3) is 0 Å². The lowest BCUT2D eigenvalue weighted by molar-refractivity contribution is -0.137. The second-order valence-electron chi connectivity index (χ2n) is 4.73. The van der Waals surface area contributed by atoms with Gasteiger partial charge in [0.2, 0.25) is 0 Å². The summed E-state index contributed by atoms with van der Waals surface area (Å²) in [5.74, 6) is -1.05. The Kier molecular flexibility index (Phi) is 4.70. The smallest absolute Gasteiger partial charge is 0.416 e. The largest absolute Gasteiger partial charge is 0.478 e. The molecule has 0 aliphatic heterocycles. The fraction of sp³-hybridized carbons (Fsp3) is 0.188. The Bertz CT molecular complexity index is 668. The second kappa shape index (κ2) is 6.51. The first-order valence-electron chi connectivity index (χ1n) is 6.60. The first-order chi connectivity index (χ1) is 10.4. The summed E-state index contributed by atoms with van der Waals surface area (Å²) in [6.45, 7) is 0.339. The third-order valence-electron chi connectivity index (χ3n) is 3.14. The number of aromatic carboxylic acids is 1. The highest BCUT2D eigenvalue weighted by molar-refractivity contribution is 5.94. The van der Waals surface area contributed by atoms with Crippen molar-refractivity contribution in [1.82, 2.24) is 0 Å². The molecule has 116 valence electrons. The van der Waals surface area contributed by atoms with Gasteiger partial charge in [-0.3, -0.25) is 0 Å². The molecule has 0 radical (unpaired) electrons. The van der Waals surface area contributed by atoms with Gasteiger partial charge in [-0.05, 0) is 30.2 Å². The van der Waals surface area contributed by atoms with Crippen molar-refractivity contribution < 1.29 is 23.1 Å². The van der Waals surface area contributed by atoms with Crippen LogP contribution in [0.25, 0.3) is 0 Å². The molecule has 0 saturated heterocycles. The van der Waals surface area contributed by atoms with Crippen LogP contribution in [0.2, 0.25) is 0 Å². The highest BCUT2D eigenvalue weighted by Gasteiger charge is 2.30. The van der Waals surface area contributed by atoms with E-state index in [-0.39, 0.29) is 5.56 Å². The van der Waals surface area contributed by atoms with E-state index in [9.17, 15) is 18.0 Å². The number of benzene rings is 2. The molecule has 0 spiro atoms. The molecular formula is C16H14F3NO2. The fourth-order valence-electron chi connectivity index (χ4n) is 2.07. The van der Waals surface area contributed by atoms with Crippen molar-refractivity contribution in [3.05, 3.63) is 65.2 Å². The van der Waals surface area contributed by atoms with Gasteiger partial charge >= 0.3 is 12.1 Å². The molecule has 2 rings (SSSR count). The Balaban J connectivity index is 2.02. The third kappa shape index (κ3) is 4.00. The minimum atomic E-state index is -4.36. The number of hydrogen-bond donors (Lipinski definition) is 2. The Morgan fingerprint density at radius 2 is 1.82 bits per heavy atom. The lowest BCUT2D eigenvalue weighted by Crippen LogP contribution is -2.10. The Hall–Kier alpha value is -2.50. The van der Waals surface area contributed by atoms with Crippen molar-refractivity contribution in [2.75, 3.05) is 11.9 Å². The number of nitrogens with one attached hydrogen (secondary N) is 1. The van der Waals surface area contributed by atoms with E-state index in [0.717, 1.165) is 12.1 Å². The summed E-state index contributed by atoms with van der Waals surface area (Å²) in [7, 11) is 0. The minimum Gasteiger partial charge on any atom is -0.478 e. The third-order valence-corrected chi connectivity index (χ3v) is 3.14. The number of para-hydroxylation sites is 1. The van der Waals surface area contributed by atoms with Crippen LogP contribution in [0.15, 0.2) is 48.5 Å². The van der Waals surface area contributed by atoms with Gasteiger partial charge < -0.3 is 10.4 Å². The van der Waals surface area contributed by atoms with E-state index in [2.05, 4.69) is 5.32 Å². The van der Waals surface area contributed by atoms with Gasteiger partial charge in [-0.2, -0.15) is 13.2 Å². The molecule has 2 N–H and O–H groups in total. The maximum Gasteiger partial charge on any atom is 0.416 e. The van der Waals surface area contributed by atoms with Gasteiger partial charge in [-0.1, -0.05) is 30.3 Å². The van der Waals surface area contributed by atoms with Crippen molar-refractivity contribution in [1.29, 1.82) is 0 Å². The van der Waals surface area contributed by atoms with Gasteiger partial charge in [0.15, 0.2) is 0 Å². The molecule has 0 bridgehead atoms. The van der Waals surface area contributed by atoms with Crippen LogP contribution in [-0.4, -0.2) is 17.6 Å². The van der Waals surface area contributed by atoms with Crippen LogP contribution in [0.4, 0.5) is 18.9 Å². The minimum absolute atomic E-state index is 0.131. The first kappa shape index (κ1) is 15.9. The summed E-state index contributed by atoms with van der Waals surface area (Å²) in [5, 5.41) is 12.0. The predicted octanol–water partition coefficient (Wildman–Crippen LogP) is 4.06. The van der Waals surface area contributed by atoms with Crippen LogP contribution in [0, 0.1) is 0 Å². The summed E-state index contributed by atoms with van der Waals surface area (Å²) in [5.41, 5.74) is 0.430. The quantitative estimate of drug-likeness (QED) is 0.875. The second-order valence-corrected chi connectivity index (χ2v) is 4.73. The standard InChI is InChI=1S/C16H14F3NO2/c17-16(18,19)12-5-3-4-11(10-12)8-9-20-14-7-2-1-6-13(14)15(21)22/h1-7,10,20H,8-9H2,(H,21,22). The molecular weight excluding hydrogens is 295 g/mol. The molecule has 0 aliphatic rings. The number of anilines is 1. The van der Waals surface area contributed by atoms with Gasteiger partial charge in [-0.15, -0.1) is 0 Å². The molecule has 6 heteroatoms. The number of rotatable bonds is 5. The van der Waals surface area contributed by atoms with E-state index in [1.54, 1.807) is 24.3 Å². The SMILES string of the molecule is O=C(O)c1ccccc1NCCc1cccc(C(F)(F)F)c1. The zero-order valence-electron chi connectivity index (χ0n) is 11.5. The summed E-state index contributed by atoms with van der Waals surface area (Å²) in [4.78, 5) is 11.0. The van der Waals surface area contributed by atoms with E-state index in [0.29, 0.717) is 24.2 Å². The molecule has 0 aliphatic carbocycles. The zero-order chi connectivity index (χ0) is 16.2. The highest BCUT2D eigenvalue weighted by atomic mass is 19.4. The maximum atomic E-state index is 12.6. The van der Waals surface area contributed by atoms with Crippen molar-refractivity contribution in [2.45, 2.75) is 12.6 Å². The van der Waals surface area contributed by atoms with Crippen LogP contribution in [0.1, 0.15) is 21.5 Å². The molecule has 2 aromatic carbocycles. The van der Waals surface area contributed by atoms with Crippen LogP contribution in [0.3, 0.4) is 0 Å². The fourth-order valence-corrected chi connectivity index (χ4v) is 2.07.